The van der Waals surface area contributed by atoms with Crippen molar-refractivity contribution in [1.82, 2.24) is 10.2 Å². The number of ether oxygens (including phenoxy) is 1. The van der Waals surface area contributed by atoms with E-state index in [9.17, 15) is 0 Å². The quantitative estimate of drug-likeness (QED) is 0.817. The van der Waals surface area contributed by atoms with Crippen LogP contribution in [0.4, 0.5) is 0 Å². The van der Waals surface area contributed by atoms with Gasteiger partial charge >= 0.3 is 0 Å². The van der Waals surface area contributed by atoms with Crippen molar-refractivity contribution in [3.8, 4) is 0 Å². The van der Waals surface area contributed by atoms with Crippen LogP contribution in [0.15, 0.2) is 0 Å². The highest BCUT2D eigenvalue weighted by Crippen LogP contribution is 2.26. The normalized spacial score (nSPS) is 36.0. The van der Waals surface area contributed by atoms with Gasteiger partial charge in [0.1, 0.15) is 0 Å². The van der Waals surface area contributed by atoms with Crippen molar-refractivity contribution in [3.05, 3.63) is 0 Å². The minimum absolute atomic E-state index is 0.235. The zero-order chi connectivity index (χ0) is 12.5. The second-order valence-corrected chi connectivity index (χ2v) is 6.29. The van der Waals surface area contributed by atoms with Crippen molar-refractivity contribution in [2.45, 2.75) is 70.7 Å². The van der Waals surface area contributed by atoms with Crippen LogP contribution in [-0.2, 0) is 4.74 Å². The monoisotopic (exact) mass is 240 g/mol. The van der Waals surface area contributed by atoms with Gasteiger partial charge in [-0.15, -0.1) is 0 Å². The molecule has 0 aliphatic carbocycles. The number of hydrogen-bond donors (Lipinski definition) is 1. The zero-order valence-electron chi connectivity index (χ0n) is 11.8. The van der Waals surface area contributed by atoms with Crippen molar-refractivity contribution >= 4 is 0 Å². The Labute approximate surface area is 106 Å². The first-order valence-electron chi connectivity index (χ1n) is 7.16. The van der Waals surface area contributed by atoms with Crippen LogP contribution in [-0.4, -0.2) is 48.3 Å². The molecule has 2 aliphatic heterocycles. The molecule has 0 aromatic carbocycles. The molecule has 3 unspecified atom stereocenters. The number of rotatable bonds is 3. The Morgan fingerprint density at radius 1 is 1.47 bits per heavy atom. The Balaban J connectivity index is 2.03. The van der Waals surface area contributed by atoms with Crippen LogP contribution in [0, 0.1) is 0 Å². The summed E-state index contributed by atoms with van der Waals surface area (Å²) >= 11 is 0. The SMILES string of the molecule is CCC1CNC(C)(C)CN1C(C)C1CCCO1. The summed E-state index contributed by atoms with van der Waals surface area (Å²) in [5.41, 5.74) is 0.235. The fraction of sp³-hybridized carbons (Fsp3) is 1.00. The second kappa shape index (κ2) is 5.25. The predicted octanol–water partition coefficient (Wildman–Crippen LogP) is 2.02. The molecule has 17 heavy (non-hydrogen) atoms. The fourth-order valence-electron chi connectivity index (χ4n) is 3.20. The van der Waals surface area contributed by atoms with E-state index in [0.717, 1.165) is 19.7 Å². The van der Waals surface area contributed by atoms with E-state index >= 15 is 0 Å². The molecule has 2 saturated heterocycles. The van der Waals surface area contributed by atoms with Gasteiger partial charge in [0.2, 0.25) is 0 Å². The van der Waals surface area contributed by atoms with Crippen molar-refractivity contribution in [2.24, 2.45) is 0 Å². The molecule has 2 fully saturated rings. The van der Waals surface area contributed by atoms with Crippen LogP contribution < -0.4 is 5.32 Å². The Kier molecular flexibility index (Phi) is 4.11. The molecule has 2 rings (SSSR count). The average molecular weight is 240 g/mol. The van der Waals surface area contributed by atoms with E-state index < -0.39 is 0 Å². The number of hydrogen-bond acceptors (Lipinski definition) is 3. The molecule has 0 radical (unpaired) electrons. The van der Waals surface area contributed by atoms with E-state index in [1.165, 1.54) is 19.3 Å². The molecule has 0 aromatic rings. The number of piperazine rings is 1. The molecule has 0 saturated carbocycles. The average Bonchev–Trinajstić information content (AvgIpc) is 2.80. The maximum atomic E-state index is 5.87. The van der Waals surface area contributed by atoms with E-state index in [1.807, 2.05) is 0 Å². The lowest BCUT2D eigenvalue weighted by molar-refractivity contribution is -0.0164. The summed E-state index contributed by atoms with van der Waals surface area (Å²) in [6.45, 7) is 12.4. The highest BCUT2D eigenvalue weighted by atomic mass is 16.5. The lowest BCUT2D eigenvalue weighted by atomic mass is 9.94. The summed E-state index contributed by atoms with van der Waals surface area (Å²) in [5.74, 6) is 0. The molecule has 100 valence electrons. The molecule has 3 heteroatoms. The molecule has 2 heterocycles. The van der Waals surface area contributed by atoms with Crippen LogP contribution in [0.5, 0.6) is 0 Å². The molecule has 0 amide bonds. The summed E-state index contributed by atoms with van der Waals surface area (Å²) in [4.78, 5) is 2.67. The Bertz CT molecular complexity index is 249. The topological polar surface area (TPSA) is 24.5 Å². The van der Waals surface area contributed by atoms with Gasteiger partial charge in [-0.1, -0.05) is 6.92 Å². The Morgan fingerprint density at radius 2 is 2.24 bits per heavy atom. The second-order valence-electron chi connectivity index (χ2n) is 6.29. The summed E-state index contributed by atoms with van der Waals surface area (Å²) < 4.78 is 5.87. The highest BCUT2D eigenvalue weighted by Gasteiger charge is 2.37. The summed E-state index contributed by atoms with van der Waals surface area (Å²) in [6.07, 6.45) is 4.15. The number of nitrogens with zero attached hydrogens (tertiary/aromatic N) is 1. The smallest absolute Gasteiger partial charge is 0.0728 e. The van der Waals surface area contributed by atoms with Gasteiger partial charge in [0.15, 0.2) is 0 Å². The third-order valence-corrected chi connectivity index (χ3v) is 4.36. The lowest BCUT2D eigenvalue weighted by Crippen LogP contribution is -2.64. The highest BCUT2D eigenvalue weighted by molar-refractivity contribution is 4.95. The largest absolute Gasteiger partial charge is 0.377 e. The van der Waals surface area contributed by atoms with E-state index in [-0.39, 0.29) is 5.54 Å². The molecule has 0 aromatic heterocycles. The third kappa shape index (κ3) is 3.01. The van der Waals surface area contributed by atoms with Crippen molar-refractivity contribution in [2.75, 3.05) is 19.7 Å². The van der Waals surface area contributed by atoms with E-state index in [1.54, 1.807) is 0 Å². The number of nitrogens with one attached hydrogen (secondary N) is 1. The lowest BCUT2D eigenvalue weighted by Gasteiger charge is -2.48. The van der Waals surface area contributed by atoms with Crippen LogP contribution >= 0.6 is 0 Å². The van der Waals surface area contributed by atoms with Crippen molar-refractivity contribution < 1.29 is 4.74 Å². The maximum absolute atomic E-state index is 5.87. The van der Waals surface area contributed by atoms with Crippen LogP contribution in [0.25, 0.3) is 0 Å². The third-order valence-electron chi connectivity index (χ3n) is 4.36. The van der Waals surface area contributed by atoms with Gasteiger partial charge in [0.05, 0.1) is 6.10 Å². The van der Waals surface area contributed by atoms with Gasteiger partial charge in [-0.3, -0.25) is 4.90 Å². The van der Waals surface area contributed by atoms with Gasteiger partial charge < -0.3 is 10.1 Å². The Morgan fingerprint density at radius 3 is 2.82 bits per heavy atom. The first-order chi connectivity index (χ1) is 8.03. The van der Waals surface area contributed by atoms with Crippen LogP contribution in [0.2, 0.25) is 0 Å². The van der Waals surface area contributed by atoms with E-state index in [4.69, 9.17) is 4.74 Å². The molecule has 2 aliphatic rings. The van der Waals surface area contributed by atoms with E-state index in [0.29, 0.717) is 18.2 Å². The van der Waals surface area contributed by atoms with Gasteiger partial charge in [-0.05, 0) is 40.0 Å². The summed E-state index contributed by atoms with van der Waals surface area (Å²) in [5, 5.41) is 3.65. The van der Waals surface area contributed by atoms with Crippen molar-refractivity contribution in [1.29, 1.82) is 0 Å². The first-order valence-corrected chi connectivity index (χ1v) is 7.16. The van der Waals surface area contributed by atoms with Gasteiger partial charge in [0.25, 0.3) is 0 Å². The zero-order valence-corrected chi connectivity index (χ0v) is 11.8. The fourth-order valence-corrected chi connectivity index (χ4v) is 3.20. The molecule has 3 atom stereocenters. The molecule has 0 spiro atoms. The maximum Gasteiger partial charge on any atom is 0.0728 e. The molecular weight excluding hydrogens is 212 g/mol. The van der Waals surface area contributed by atoms with Crippen LogP contribution in [0.3, 0.4) is 0 Å². The summed E-state index contributed by atoms with van der Waals surface area (Å²) in [6, 6.07) is 1.23. The van der Waals surface area contributed by atoms with Gasteiger partial charge in [-0.25, -0.2) is 0 Å². The molecule has 3 nitrogen and oxygen atoms in total. The molecule has 0 bridgehead atoms. The minimum atomic E-state index is 0.235. The van der Waals surface area contributed by atoms with E-state index in [2.05, 4.69) is 37.9 Å². The predicted molar refractivity (Wildman–Crippen MR) is 71.3 cm³/mol. The minimum Gasteiger partial charge on any atom is -0.377 e. The van der Waals surface area contributed by atoms with Crippen molar-refractivity contribution in [3.63, 3.8) is 0 Å². The first kappa shape index (κ1) is 13.3. The standard InChI is InChI=1S/C14H28N2O/c1-5-12-9-15-14(3,4)10-16(12)11(2)13-7-6-8-17-13/h11-13,15H,5-10H2,1-4H3. The Hall–Kier alpha value is -0.120. The van der Waals surface area contributed by atoms with Gasteiger partial charge in [-0.2, -0.15) is 0 Å². The van der Waals surface area contributed by atoms with Crippen LogP contribution in [0.1, 0.15) is 47.0 Å². The molecule has 1 N–H and O–H groups in total. The van der Waals surface area contributed by atoms with Gasteiger partial charge in [0, 0.05) is 37.3 Å². The summed E-state index contributed by atoms with van der Waals surface area (Å²) in [7, 11) is 0. The molecular formula is C14H28N2O.